The highest BCUT2D eigenvalue weighted by molar-refractivity contribution is 7.89. The summed E-state index contributed by atoms with van der Waals surface area (Å²) in [6.07, 6.45) is 0. The lowest BCUT2D eigenvalue weighted by atomic mass is 10.2. The van der Waals surface area contributed by atoms with Crippen molar-refractivity contribution >= 4 is 21.6 Å². The van der Waals surface area contributed by atoms with E-state index in [1.807, 2.05) is 0 Å². The zero-order valence-corrected chi connectivity index (χ0v) is 14.3. The Labute approximate surface area is 142 Å². The maximum atomic E-state index is 13.8. The molecule has 2 aromatic carbocycles. The topological polar surface area (TPSA) is 46.6 Å². The molecule has 130 valence electrons. The standard InChI is InChI=1S/C15H13ClF3NO3S/c1-20(8-9-7-10(16)3-5-12(9)23-2)24(21,22)13-6-4-11(17)14(18)15(13)19/h3-7H,8H2,1-2H3. The molecule has 0 saturated carbocycles. The van der Waals surface area contributed by atoms with Gasteiger partial charge in [-0.3, -0.25) is 0 Å². The molecule has 0 fully saturated rings. The van der Waals surface area contributed by atoms with Gasteiger partial charge >= 0.3 is 0 Å². The van der Waals surface area contributed by atoms with Crippen LogP contribution in [0.3, 0.4) is 0 Å². The summed E-state index contributed by atoms with van der Waals surface area (Å²) in [5.41, 5.74) is 0.430. The molecule has 0 spiro atoms. The first-order valence-corrected chi connectivity index (χ1v) is 8.42. The third-order valence-electron chi connectivity index (χ3n) is 3.32. The van der Waals surface area contributed by atoms with Gasteiger partial charge in [0, 0.05) is 24.2 Å². The summed E-state index contributed by atoms with van der Waals surface area (Å²) in [5.74, 6) is -4.69. The molecule has 0 N–H and O–H groups in total. The molecule has 0 aliphatic heterocycles. The molecule has 4 nitrogen and oxygen atoms in total. The van der Waals surface area contributed by atoms with Crippen molar-refractivity contribution in [1.29, 1.82) is 0 Å². The quantitative estimate of drug-likeness (QED) is 0.746. The summed E-state index contributed by atoms with van der Waals surface area (Å²) in [7, 11) is -1.82. The fourth-order valence-electron chi connectivity index (χ4n) is 2.07. The number of hydrogen-bond acceptors (Lipinski definition) is 3. The molecule has 2 aromatic rings. The Balaban J connectivity index is 2.41. The Bertz CT molecular complexity index is 875. The van der Waals surface area contributed by atoms with Crippen molar-refractivity contribution in [2.75, 3.05) is 14.2 Å². The van der Waals surface area contributed by atoms with E-state index in [4.69, 9.17) is 16.3 Å². The first kappa shape index (κ1) is 18.6. The minimum absolute atomic E-state index is 0.204. The van der Waals surface area contributed by atoms with Gasteiger partial charge < -0.3 is 4.74 Å². The summed E-state index contributed by atoms with van der Waals surface area (Å²) in [5, 5.41) is 0.357. The number of methoxy groups -OCH3 is 1. The minimum atomic E-state index is -4.39. The van der Waals surface area contributed by atoms with Gasteiger partial charge in [0.2, 0.25) is 10.0 Å². The number of hydrogen-bond donors (Lipinski definition) is 0. The van der Waals surface area contributed by atoms with Crippen LogP contribution in [0.25, 0.3) is 0 Å². The molecule has 0 unspecified atom stereocenters. The van der Waals surface area contributed by atoms with Crippen LogP contribution in [0, 0.1) is 17.5 Å². The predicted molar refractivity (Wildman–Crippen MR) is 83.0 cm³/mol. The second kappa shape index (κ2) is 7.00. The van der Waals surface area contributed by atoms with E-state index in [0.29, 0.717) is 28.5 Å². The number of sulfonamides is 1. The summed E-state index contributed by atoms with van der Waals surface area (Å²) in [4.78, 5) is -0.954. The lowest BCUT2D eigenvalue weighted by molar-refractivity contribution is 0.395. The minimum Gasteiger partial charge on any atom is -0.496 e. The van der Waals surface area contributed by atoms with E-state index in [9.17, 15) is 21.6 Å². The van der Waals surface area contributed by atoms with Crippen LogP contribution in [0.5, 0.6) is 5.75 Å². The number of halogens is 4. The molecule has 24 heavy (non-hydrogen) atoms. The smallest absolute Gasteiger partial charge is 0.246 e. The molecule has 0 amide bonds. The average Bonchev–Trinajstić information content (AvgIpc) is 2.52. The highest BCUT2D eigenvalue weighted by atomic mass is 35.5. The van der Waals surface area contributed by atoms with Crippen LogP contribution < -0.4 is 4.74 Å². The van der Waals surface area contributed by atoms with Gasteiger partial charge in [-0.2, -0.15) is 4.31 Å². The number of rotatable bonds is 5. The van der Waals surface area contributed by atoms with Crippen molar-refractivity contribution in [3.05, 3.63) is 58.4 Å². The first-order valence-electron chi connectivity index (χ1n) is 6.60. The Morgan fingerprint density at radius 2 is 1.79 bits per heavy atom. The van der Waals surface area contributed by atoms with Gasteiger partial charge in [-0.15, -0.1) is 0 Å². The van der Waals surface area contributed by atoms with Crippen molar-refractivity contribution in [1.82, 2.24) is 4.31 Å². The zero-order valence-electron chi connectivity index (χ0n) is 12.7. The molecule has 0 saturated heterocycles. The maximum absolute atomic E-state index is 13.8. The maximum Gasteiger partial charge on any atom is 0.246 e. The second-order valence-electron chi connectivity index (χ2n) is 4.89. The Morgan fingerprint density at radius 1 is 1.12 bits per heavy atom. The molecule has 0 aliphatic rings. The van der Waals surface area contributed by atoms with Gasteiger partial charge in [0.25, 0.3) is 0 Å². The third-order valence-corrected chi connectivity index (χ3v) is 5.38. The van der Waals surface area contributed by atoms with Crippen LogP contribution in [0.15, 0.2) is 35.2 Å². The SMILES string of the molecule is COc1ccc(Cl)cc1CN(C)S(=O)(=O)c1ccc(F)c(F)c1F. The van der Waals surface area contributed by atoms with E-state index < -0.39 is 32.4 Å². The Morgan fingerprint density at radius 3 is 2.42 bits per heavy atom. The lowest BCUT2D eigenvalue weighted by Crippen LogP contribution is -2.28. The van der Waals surface area contributed by atoms with Crippen LogP contribution in [-0.2, 0) is 16.6 Å². The van der Waals surface area contributed by atoms with Crippen LogP contribution in [0.2, 0.25) is 5.02 Å². The van der Waals surface area contributed by atoms with Gasteiger partial charge in [-0.05, 0) is 30.3 Å². The van der Waals surface area contributed by atoms with E-state index in [2.05, 4.69) is 0 Å². The summed E-state index contributed by atoms with van der Waals surface area (Å²) >= 11 is 5.88. The summed E-state index contributed by atoms with van der Waals surface area (Å²) in [6, 6.07) is 5.84. The lowest BCUT2D eigenvalue weighted by Gasteiger charge is -2.19. The average molecular weight is 380 g/mol. The fourth-order valence-corrected chi connectivity index (χ4v) is 3.47. The van der Waals surface area contributed by atoms with Crippen LogP contribution in [0.1, 0.15) is 5.56 Å². The molecule has 2 rings (SSSR count). The number of benzene rings is 2. The van der Waals surface area contributed by atoms with E-state index in [-0.39, 0.29) is 6.54 Å². The second-order valence-corrected chi connectivity index (χ2v) is 7.34. The van der Waals surface area contributed by atoms with Crippen molar-refractivity contribution < 1.29 is 26.3 Å². The van der Waals surface area contributed by atoms with Crippen molar-refractivity contribution in [2.24, 2.45) is 0 Å². The van der Waals surface area contributed by atoms with Gasteiger partial charge in [0.15, 0.2) is 17.5 Å². The van der Waals surface area contributed by atoms with E-state index in [1.54, 1.807) is 12.1 Å². The molecule has 0 aromatic heterocycles. The fraction of sp³-hybridized carbons (Fsp3) is 0.200. The van der Waals surface area contributed by atoms with E-state index in [0.717, 1.165) is 4.31 Å². The van der Waals surface area contributed by atoms with Crippen molar-refractivity contribution in [3.63, 3.8) is 0 Å². The number of nitrogens with zero attached hydrogens (tertiary/aromatic N) is 1. The molecule has 9 heteroatoms. The molecule has 0 aliphatic carbocycles. The van der Waals surface area contributed by atoms with Crippen LogP contribution in [-0.4, -0.2) is 26.9 Å². The van der Waals surface area contributed by atoms with Gasteiger partial charge in [-0.25, -0.2) is 21.6 Å². The normalized spacial score (nSPS) is 11.8. The summed E-state index contributed by atoms with van der Waals surface area (Å²) in [6.45, 7) is -0.204. The van der Waals surface area contributed by atoms with Gasteiger partial charge in [0.05, 0.1) is 7.11 Å². The Hall–Kier alpha value is -1.77. The van der Waals surface area contributed by atoms with Gasteiger partial charge in [-0.1, -0.05) is 11.6 Å². The van der Waals surface area contributed by atoms with Crippen molar-refractivity contribution in [2.45, 2.75) is 11.4 Å². The zero-order chi connectivity index (χ0) is 18.1. The monoisotopic (exact) mass is 379 g/mol. The van der Waals surface area contributed by atoms with Crippen LogP contribution in [0.4, 0.5) is 13.2 Å². The predicted octanol–water partition coefficient (Wildman–Crippen LogP) is 3.59. The molecule has 0 atom stereocenters. The molecule has 0 bridgehead atoms. The molecular formula is C15H13ClF3NO3S. The first-order chi connectivity index (χ1) is 11.2. The van der Waals surface area contributed by atoms with Crippen molar-refractivity contribution in [3.8, 4) is 5.75 Å². The highest BCUT2D eigenvalue weighted by Crippen LogP contribution is 2.27. The Kier molecular flexibility index (Phi) is 5.42. The number of ether oxygens (including phenoxy) is 1. The third kappa shape index (κ3) is 3.50. The van der Waals surface area contributed by atoms with E-state index >= 15 is 0 Å². The summed E-state index contributed by atoms with van der Waals surface area (Å²) < 4.78 is 70.9. The molecule has 0 radical (unpaired) electrons. The molecular weight excluding hydrogens is 367 g/mol. The largest absolute Gasteiger partial charge is 0.496 e. The van der Waals surface area contributed by atoms with Crippen LogP contribution >= 0.6 is 11.6 Å². The molecule has 0 heterocycles. The van der Waals surface area contributed by atoms with Gasteiger partial charge in [0.1, 0.15) is 10.6 Å². The van der Waals surface area contributed by atoms with E-state index in [1.165, 1.54) is 20.2 Å². The highest BCUT2D eigenvalue weighted by Gasteiger charge is 2.28.